The maximum atomic E-state index is 11.9. The number of anilines is 2. The molecule has 10 heteroatoms. The highest BCUT2D eigenvalue weighted by Gasteiger charge is 2.11. The maximum absolute atomic E-state index is 11.9. The van der Waals surface area contributed by atoms with E-state index in [-0.39, 0.29) is 25.4 Å². The zero-order valence-corrected chi connectivity index (χ0v) is 18.2. The number of hydrogen-bond acceptors (Lipinski definition) is 7. The van der Waals surface area contributed by atoms with Crippen LogP contribution in [0, 0.1) is 20.8 Å². The van der Waals surface area contributed by atoms with Gasteiger partial charge in [-0.3, -0.25) is 14.4 Å². The lowest BCUT2D eigenvalue weighted by Gasteiger charge is -2.10. The predicted octanol–water partition coefficient (Wildman–Crippen LogP) is 3.52. The number of ether oxygens (including phenoxy) is 1. The van der Waals surface area contributed by atoms with Crippen molar-refractivity contribution in [3.8, 4) is 0 Å². The van der Waals surface area contributed by atoms with Crippen LogP contribution in [-0.4, -0.2) is 34.6 Å². The monoisotopic (exact) mass is 468 g/mol. The summed E-state index contributed by atoms with van der Waals surface area (Å²) in [5.41, 5.74) is 2.63. The van der Waals surface area contributed by atoms with Gasteiger partial charge in [0.2, 0.25) is 11.0 Å². The molecule has 2 N–H and O–H groups in total. The van der Waals surface area contributed by atoms with E-state index in [1.165, 1.54) is 11.3 Å². The number of esters is 1. The molecule has 0 fully saturated rings. The van der Waals surface area contributed by atoms with Gasteiger partial charge in [0.1, 0.15) is 5.01 Å². The highest BCUT2D eigenvalue weighted by Crippen LogP contribution is 2.24. The minimum Gasteiger partial charge on any atom is -0.456 e. The fraction of sp³-hybridized carbons (Fsp3) is 0.389. The molecule has 0 saturated heterocycles. The summed E-state index contributed by atoms with van der Waals surface area (Å²) in [6.07, 6.45) is 0.513. The summed E-state index contributed by atoms with van der Waals surface area (Å²) in [6, 6.07) is 3.66. The maximum Gasteiger partial charge on any atom is 0.306 e. The second-order valence-electron chi connectivity index (χ2n) is 6.16. The number of nitrogens with zero attached hydrogens (tertiary/aromatic N) is 2. The number of hydrogen-bond donors (Lipinski definition) is 2. The normalized spacial score (nSPS) is 10.4. The Kier molecular flexibility index (Phi) is 8.06. The van der Waals surface area contributed by atoms with E-state index >= 15 is 0 Å². The van der Waals surface area contributed by atoms with E-state index in [1.54, 1.807) is 6.92 Å². The first-order valence-electron chi connectivity index (χ1n) is 8.56. The molecule has 28 heavy (non-hydrogen) atoms. The third-order valence-electron chi connectivity index (χ3n) is 3.64. The van der Waals surface area contributed by atoms with E-state index < -0.39 is 11.9 Å². The summed E-state index contributed by atoms with van der Waals surface area (Å²) in [5.74, 6) is -1.19. The van der Waals surface area contributed by atoms with E-state index in [2.05, 4.69) is 36.8 Å². The Labute approximate surface area is 175 Å². The molecule has 0 atom stereocenters. The van der Waals surface area contributed by atoms with Crippen LogP contribution < -0.4 is 10.6 Å². The number of nitrogens with one attached hydrogen (secondary N) is 2. The Balaban J connectivity index is 1.66. The van der Waals surface area contributed by atoms with E-state index in [0.717, 1.165) is 20.6 Å². The van der Waals surface area contributed by atoms with Gasteiger partial charge < -0.3 is 15.4 Å². The van der Waals surface area contributed by atoms with Crippen molar-refractivity contribution in [2.24, 2.45) is 0 Å². The van der Waals surface area contributed by atoms with Crippen LogP contribution in [0.25, 0.3) is 0 Å². The number of aromatic nitrogens is 2. The molecule has 0 spiro atoms. The highest BCUT2D eigenvalue weighted by molar-refractivity contribution is 9.10. The van der Waals surface area contributed by atoms with Crippen LogP contribution in [0.4, 0.5) is 10.8 Å². The van der Waals surface area contributed by atoms with Crippen molar-refractivity contribution >= 4 is 55.9 Å². The van der Waals surface area contributed by atoms with Gasteiger partial charge in [-0.15, -0.1) is 10.2 Å². The van der Waals surface area contributed by atoms with Crippen molar-refractivity contribution < 1.29 is 19.1 Å². The molecule has 0 aliphatic heterocycles. The van der Waals surface area contributed by atoms with Crippen molar-refractivity contribution in [1.29, 1.82) is 0 Å². The number of carbonyl (C=O) groups is 3. The van der Waals surface area contributed by atoms with Gasteiger partial charge in [0, 0.05) is 23.0 Å². The Hall–Kier alpha value is -2.33. The van der Waals surface area contributed by atoms with Crippen LogP contribution in [0.1, 0.15) is 35.4 Å². The van der Waals surface area contributed by atoms with E-state index in [0.29, 0.717) is 17.2 Å². The minimum atomic E-state index is -0.530. The van der Waals surface area contributed by atoms with Gasteiger partial charge in [0.05, 0.1) is 0 Å². The quantitative estimate of drug-likeness (QED) is 0.573. The summed E-state index contributed by atoms with van der Waals surface area (Å²) < 4.78 is 5.94. The summed E-state index contributed by atoms with van der Waals surface area (Å²) in [7, 11) is 0. The number of rotatable bonds is 8. The average Bonchev–Trinajstić information content (AvgIpc) is 3.02. The molecule has 0 bridgehead atoms. The van der Waals surface area contributed by atoms with Gasteiger partial charge in [-0.1, -0.05) is 27.3 Å². The smallest absolute Gasteiger partial charge is 0.306 e. The highest BCUT2D eigenvalue weighted by atomic mass is 79.9. The van der Waals surface area contributed by atoms with Crippen molar-refractivity contribution in [2.45, 2.75) is 40.0 Å². The molecule has 8 nitrogen and oxygen atoms in total. The minimum absolute atomic E-state index is 0.0480. The first-order valence-corrected chi connectivity index (χ1v) is 10.2. The lowest BCUT2D eigenvalue weighted by molar-refractivity contribution is -0.147. The van der Waals surface area contributed by atoms with Crippen molar-refractivity contribution in [3.63, 3.8) is 0 Å². The van der Waals surface area contributed by atoms with E-state index in [1.807, 2.05) is 26.0 Å². The second kappa shape index (κ2) is 10.3. The molecule has 1 aromatic heterocycles. The van der Waals surface area contributed by atoms with Crippen molar-refractivity contribution in [1.82, 2.24) is 10.2 Å². The van der Waals surface area contributed by atoms with Gasteiger partial charge in [-0.25, -0.2) is 0 Å². The number of benzene rings is 1. The van der Waals surface area contributed by atoms with Gasteiger partial charge >= 0.3 is 5.97 Å². The van der Waals surface area contributed by atoms with Crippen LogP contribution >= 0.6 is 27.3 Å². The number of carbonyl (C=O) groups excluding carboxylic acids is 3. The van der Waals surface area contributed by atoms with Gasteiger partial charge in [-0.05, 0) is 50.5 Å². The summed E-state index contributed by atoms with van der Waals surface area (Å²) >= 11 is 4.74. The van der Waals surface area contributed by atoms with Gasteiger partial charge in [-0.2, -0.15) is 0 Å². The molecule has 1 heterocycles. The lowest BCUT2D eigenvalue weighted by atomic mass is 10.1. The van der Waals surface area contributed by atoms with Gasteiger partial charge in [0.25, 0.3) is 5.91 Å². The zero-order chi connectivity index (χ0) is 20.7. The standard InChI is InChI=1S/C18H21BrN4O4S/c1-10-7-13(8-11(2)17(10)19)20-15(25)9-27-16(26)6-4-5-14(24)21-18-23-22-12(3)28-18/h7-8H,4-6,9H2,1-3H3,(H,20,25)(H,21,23,24). The van der Waals surface area contributed by atoms with Gasteiger partial charge in [0.15, 0.2) is 6.61 Å². The lowest BCUT2D eigenvalue weighted by Crippen LogP contribution is -2.21. The molecular formula is C18H21BrN4O4S. The summed E-state index contributed by atoms with van der Waals surface area (Å²) in [6.45, 7) is 5.27. The SMILES string of the molecule is Cc1nnc(NC(=O)CCCC(=O)OCC(=O)Nc2cc(C)c(Br)c(C)c2)s1. The third-order valence-corrected chi connectivity index (χ3v) is 5.65. The molecule has 0 saturated carbocycles. The Morgan fingerprint density at radius 1 is 1.04 bits per heavy atom. The first kappa shape index (κ1) is 22.0. The largest absolute Gasteiger partial charge is 0.456 e. The molecule has 2 amide bonds. The molecular weight excluding hydrogens is 448 g/mol. The number of halogens is 1. The average molecular weight is 469 g/mol. The Morgan fingerprint density at radius 3 is 2.32 bits per heavy atom. The molecule has 1 aromatic carbocycles. The Bertz CT molecular complexity index is 861. The predicted molar refractivity (Wildman–Crippen MR) is 110 cm³/mol. The fourth-order valence-corrected chi connectivity index (χ4v) is 3.19. The zero-order valence-electron chi connectivity index (χ0n) is 15.8. The molecule has 0 aliphatic carbocycles. The molecule has 0 aliphatic rings. The van der Waals surface area contributed by atoms with Crippen LogP contribution in [0.5, 0.6) is 0 Å². The molecule has 2 rings (SSSR count). The summed E-state index contributed by atoms with van der Waals surface area (Å²) in [5, 5.41) is 14.1. The number of aryl methyl sites for hydroxylation is 3. The molecule has 0 radical (unpaired) electrons. The van der Waals surface area contributed by atoms with Crippen molar-refractivity contribution in [3.05, 3.63) is 32.7 Å². The fourth-order valence-electron chi connectivity index (χ4n) is 2.36. The van der Waals surface area contributed by atoms with Crippen molar-refractivity contribution in [2.75, 3.05) is 17.2 Å². The Morgan fingerprint density at radius 2 is 1.71 bits per heavy atom. The summed E-state index contributed by atoms with van der Waals surface area (Å²) in [4.78, 5) is 35.4. The van der Waals surface area contributed by atoms with Crippen LogP contribution in [0.2, 0.25) is 0 Å². The second-order valence-corrected chi connectivity index (χ2v) is 8.14. The van der Waals surface area contributed by atoms with Crippen LogP contribution in [-0.2, 0) is 19.1 Å². The third kappa shape index (κ3) is 7.01. The topological polar surface area (TPSA) is 110 Å². The molecule has 0 unspecified atom stereocenters. The number of amides is 2. The van der Waals surface area contributed by atoms with E-state index in [4.69, 9.17) is 4.74 Å². The molecule has 2 aromatic rings. The van der Waals surface area contributed by atoms with Crippen LogP contribution in [0.3, 0.4) is 0 Å². The van der Waals surface area contributed by atoms with E-state index in [9.17, 15) is 14.4 Å². The first-order chi connectivity index (χ1) is 13.2. The molecule has 150 valence electrons. The van der Waals surface area contributed by atoms with Crippen LogP contribution in [0.15, 0.2) is 16.6 Å².